The number of piperidine rings is 1. The minimum atomic E-state index is -1.78. The molecule has 37 heavy (non-hydrogen) atoms. The summed E-state index contributed by atoms with van der Waals surface area (Å²) in [4.78, 5) is 17.2. The molecule has 0 aromatic heterocycles. The zero-order valence-corrected chi connectivity index (χ0v) is 21.7. The molecule has 5 nitrogen and oxygen atoms in total. The molecule has 0 atom stereocenters. The van der Waals surface area contributed by atoms with E-state index < -0.39 is 27.9 Å². The predicted molar refractivity (Wildman–Crippen MR) is 150 cm³/mol. The van der Waals surface area contributed by atoms with Crippen LogP contribution in [0.3, 0.4) is 0 Å². The number of likely N-dealkylation sites (tertiary alicyclic amines) is 1. The summed E-state index contributed by atoms with van der Waals surface area (Å²) >= 11 is 0. The Morgan fingerprint density at radius 1 is 0.973 bits per heavy atom. The number of nitrogens with zero attached hydrogens (tertiary/aromatic N) is 2. The van der Waals surface area contributed by atoms with Crippen molar-refractivity contribution in [2.75, 3.05) is 20.1 Å². The van der Waals surface area contributed by atoms with E-state index in [2.05, 4.69) is 10.2 Å². The van der Waals surface area contributed by atoms with Crippen LogP contribution >= 0.6 is 0 Å². The first-order valence-electron chi connectivity index (χ1n) is 12.2. The Hall–Kier alpha value is -2.21. The topological polar surface area (TPSA) is 44.8 Å². The zero-order chi connectivity index (χ0) is 27.6. The zero-order valence-electron chi connectivity index (χ0n) is 21.7. The van der Waals surface area contributed by atoms with Gasteiger partial charge in [0.1, 0.15) is 27.3 Å². The molecule has 2 aromatic rings. The fourth-order valence-corrected chi connectivity index (χ4v) is 4.18. The van der Waals surface area contributed by atoms with E-state index in [1.54, 1.807) is 24.3 Å². The number of carbonyl (C=O) groups excluding carboxylic acids is 1. The molecule has 2 aromatic carbocycles. The van der Waals surface area contributed by atoms with Crippen LogP contribution in [-0.4, -0.2) is 94.5 Å². The van der Waals surface area contributed by atoms with Gasteiger partial charge in [0, 0.05) is 11.4 Å². The van der Waals surface area contributed by atoms with Gasteiger partial charge in [-0.05, 0) is 85.0 Å². The van der Waals surface area contributed by atoms with Crippen LogP contribution in [0.1, 0.15) is 37.8 Å². The number of benzene rings is 2. The number of ether oxygens (including phenoxy) is 1. The van der Waals surface area contributed by atoms with Crippen molar-refractivity contribution in [3.63, 3.8) is 0 Å². The van der Waals surface area contributed by atoms with E-state index in [0.717, 1.165) is 13.1 Å². The summed E-state index contributed by atoms with van der Waals surface area (Å²) in [6.07, 6.45) is 1.26. The molecule has 180 valence electrons. The van der Waals surface area contributed by atoms with E-state index in [-0.39, 0.29) is 12.0 Å². The number of hydrogen-bond acceptors (Lipinski definition) is 3. The molecule has 1 heterocycles. The average Bonchev–Trinajstić information content (AvgIpc) is 2.80. The van der Waals surface area contributed by atoms with Gasteiger partial charge in [0.05, 0.1) is 31.4 Å². The third-order valence-corrected chi connectivity index (χ3v) is 6.82. The highest BCUT2D eigenvalue weighted by Gasteiger charge is 2.39. The molecule has 1 aliphatic heterocycles. The lowest BCUT2D eigenvalue weighted by atomic mass is 9.56. The fraction of sp³-hybridized carbons (Fsp3) is 0.480. The number of urea groups is 1. The molecule has 0 saturated carbocycles. The summed E-state index contributed by atoms with van der Waals surface area (Å²) in [6.45, 7) is 5.16. The Morgan fingerprint density at radius 3 is 2.00 bits per heavy atom. The van der Waals surface area contributed by atoms with Crippen LogP contribution < -0.4 is 10.1 Å². The van der Waals surface area contributed by atoms with Gasteiger partial charge in [0.25, 0.3) is 0 Å². The molecule has 2 amide bonds. The summed E-state index contributed by atoms with van der Waals surface area (Å²) in [5.74, 6) is -0.175. The van der Waals surface area contributed by atoms with E-state index in [1.165, 1.54) is 29.2 Å². The van der Waals surface area contributed by atoms with Crippen molar-refractivity contribution in [3.05, 3.63) is 65.5 Å². The Bertz CT molecular complexity index is 1060. The Labute approximate surface area is 228 Å². The second kappa shape index (κ2) is 11.3. The fourth-order valence-electron chi connectivity index (χ4n) is 4.18. The minimum absolute atomic E-state index is 0.144. The summed E-state index contributed by atoms with van der Waals surface area (Å²) < 4.78 is 19.2. The monoisotopic (exact) mass is 487 g/mol. The van der Waals surface area contributed by atoms with Crippen molar-refractivity contribution in [2.45, 2.75) is 48.8 Å². The highest BCUT2D eigenvalue weighted by Crippen LogP contribution is 2.30. The number of rotatable bonds is 8. The van der Waals surface area contributed by atoms with Gasteiger partial charge in [-0.15, -0.1) is 0 Å². The first kappa shape index (κ1) is 29.3. The smallest absolute Gasteiger partial charge is 0.316 e. The first-order chi connectivity index (χ1) is 17.1. The summed E-state index contributed by atoms with van der Waals surface area (Å²) in [7, 11) is 39.8. The molecule has 1 saturated heterocycles. The molecule has 1 aliphatic rings. The quantitative estimate of drug-likeness (QED) is 0.577. The minimum Gasteiger partial charge on any atom is -0.507 e. The van der Waals surface area contributed by atoms with Gasteiger partial charge >= 0.3 is 6.03 Å². The highest BCUT2D eigenvalue weighted by molar-refractivity contribution is 6.42. The van der Waals surface area contributed by atoms with Crippen LogP contribution in [-0.2, 0) is 10.7 Å². The lowest BCUT2D eigenvalue weighted by Gasteiger charge is -2.49. The van der Waals surface area contributed by atoms with Crippen LogP contribution in [0.5, 0.6) is 5.75 Å². The normalized spacial score (nSPS) is 15.9. The first-order valence-corrected chi connectivity index (χ1v) is 12.2. The van der Waals surface area contributed by atoms with Crippen molar-refractivity contribution in [1.82, 2.24) is 15.1 Å². The van der Waals surface area contributed by atoms with E-state index in [9.17, 15) is 9.18 Å². The number of hydrogen-bond donors (Lipinski definition) is 1. The molecule has 12 radical (unpaired) electrons. The standard InChI is InChI=1S/C25H28B6FN3O2/c1-16(2)25(30,31)37-21-10-6-17(7-11-21)23(26,27)33-22(36)35(20-12-14-34(3)15-13-20)24(28,29)18-4-8-19(32)9-5-18/h4-11,16,20H,12-15H2,1-3H3,(H,33,36). The lowest BCUT2D eigenvalue weighted by Crippen LogP contribution is -2.63. The molecular formula is C25H28B6FN3O2. The second-order valence-corrected chi connectivity index (χ2v) is 10.2. The lowest BCUT2D eigenvalue weighted by molar-refractivity contribution is 0.110. The number of amides is 2. The van der Waals surface area contributed by atoms with Crippen molar-refractivity contribution in [1.29, 1.82) is 0 Å². The molecule has 12 heteroatoms. The van der Waals surface area contributed by atoms with Crippen molar-refractivity contribution in [3.8, 4) is 5.75 Å². The van der Waals surface area contributed by atoms with Crippen LogP contribution in [0, 0.1) is 11.7 Å². The summed E-state index contributed by atoms with van der Waals surface area (Å²) in [5.41, 5.74) is 0.753. The third-order valence-electron chi connectivity index (χ3n) is 6.82. The maximum absolute atomic E-state index is 13.7. The van der Waals surface area contributed by atoms with Crippen molar-refractivity contribution < 1.29 is 13.9 Å². The van der Waals surface area contributed by atoms with E-state index in [0.29, 0.717) is 29.7 Å². The van der Waals surface area contributed by atoms with Gasteiger partial charge in [0.2, 0.25) is 0 Å². The maximum Gasteiger partial charge on any atom is 0.316 e. The third kappa shape index (κ3) is 7.01. The SMILES string of the molecule is [B]C([B])(NC(=O)N(C1CCN(C)CC1)C([B])([B])c1ccc(F)cc1)c1ccc(OC([B])([B])C(C)C)cc1. The van der Waals surface area contributed by atoms with Gasteiger partial charge in [-0.3, -0.25) is 0 Å². The molecule has 0 unspecified atom stereocenters. The van der Waals surface area contributed by atoms with E-state index >= 15 is 0 Å². The van der Waals surface area contributed by atoms with Crippen LogP contribution in [0.4, 0.5) is 9.18 Å². The van der Waals surface area contributed by atoms with Crippen LogP contribution in [0.15, 0.2) is 48.5 Å². The van der Waals surface area contributed by atoms with Gasteiger partial charge < -0.3 is 19.9 Å². The second-order valence-electron chi connectivity index (χ2n) is 10.2. The van der Waals surface area contributed by atoms with Crippen LogP contribution in [0.2, 0.25) is 0 Å². The summed E-state index contributed by atoms with van der Waals surface area (Å²) in [5, 5.41) is -2.24. The molecule has 0 bridgehead atoms. The van der Waals surface area contributed by atoms with E-state index in [1.807, 2.05) is 20.9 Å². The Kier molecular flexibility index (Phi) is 8.93. The van der Waals surface area contributed by atoms with Crippen molar-refractivity contribution in [2.24, 2.45) is 5.92 Å². The number of carbonyl (C=O) groups is 1. The van der Waals surface area contributed by atoms with Gasteiger partial charge in [0.15, 0.2) is 0 Å². The molecule has 0 spiro atoms. The summed E-state index contributed by atoms with van der Waals surface area (Å²) in [6, 6.07) is 10.8. The average molecular weight is 486 g/mol. The number of halogens is 1. The van der Waals surface area contributed by atoms with Gasteiger partial charge in [-0.2, -0.15) is 0 Å². The Balaban J connectivity index is 1.85. The number of nitrogens with one attached hydrogen (secondary N) is 1. The highest BCUT2D eigenvalue weighted by atomic mass is 19.1. The van der Waals surface area contributed by atoms with Crippen LogP contribution in [0.25, 0.3) is 0 Å². The molecule has 3 rings (SSSR count). The Morgan fingerprint density at radius 2 is 1.49 bits per heavy atom. The maximum atomic E-state index is 13.7. The molecular weight excluding hydrogens is 458 g/mol. The van der Waals surface area contributed by atoms with E-state index in [4.69, 9.17) is 51.8 Å². The predicted octanol–water partition coefficient (Wildman–Crippen LogP) is 1.55. The molecule has 1 N–H and O–H groups in total. The largest absolute Gasteiger partial charge is 0.507 e. The van der Waals surface area contributed by atoms with Gasteiger partial charge in [-0.1, -0.05) is 38.1 Å². The van der Waals surface area contributed by atoms with Crippen molar-refractivity contribution >= 4 is 53.1 Å². The molecule has 0 aliphatic carbocycles. The molecule has 1 fully saturated rings. The van der Waals surface area contributed by atoms with Gasteiger partial charge in [-0.25, -0.2) is 9.18 Å².